The number of benzene rings is 1. The summed E-state index contributed by atoms with van der Waals surface area (Å²) < 4.78 is 21.6. The van der Waals surface area contributed by atoms with E-state index in [9.17, 15) is 19.2 Å². The highest BCUT2D eigenvalue weighted by atomic mass is 16.6. The topological polar surface area (TPSA) is 141 Å². The molecule has 216 valence electrons. The first-order valence-corrected chi connectivity index (χ1v) is 13.0. The van der Waals surface area contributed by atoms with Gasteiger partial charge in [0.2, 0.25) is 11.8 Å². The Morgan fingerprint density at radius 2 is 1.79 bits per heavy atom. The summed E-state index contributed by atoms with van der Waals surface area (Å²) >= 11 is 0. The molecule has 2 heterocycles. The SMILES string of the molecule is COC(=O)[C@H]1COCC=C[C@@H](NC(=O)OC(C)(C)C)Oc2ccc(cc2)CCC(=O)N[C@@H](CC(C)C)C(=O)N1. The molecule has 2 bridgehead atoms. The van der Waals surface area contributed by atoms with Crippen molar-refractivity contribution in [2.24, 2.45) is 5.92 Å². The number of hydrogen-bond acceptors (Lipinski definition) is 8. The number of amides is 3. The van der Waals surface area contributed by atoms with E-state index < -0.39 is 41.9 Å². The highest BCUT2D eigenvalue weighted by molar-refractivity contribution is 5.90. The van der Waals surface area contributed by atoms with Gasteiger partial charge in [-0.05, 0) is 63.3 Å². The van der Waals surface area contributed by atoms with Gasteiger partial charge in [0.1, 0.15) is 17.4 Å². The van der Waals surface area contributed by atoms with E-state index in [-0.39, 0.29) is 31.5 Å². The van der Waals surface area contributed by atoms with Crippen molar-refractivity contribution in [2.75, 3.05) is 20.3 Å². The lowest BCUT2D eigenvalue weighted by atomic mass is 10.0. The molecule has 3 atom stereocenters. The van der Waals surface area contributed by atoms with Crippen LogP contribution in [0.5, 0.6) is 5.75 Å². The first kappa shape index (κ1) is 31.6. The van der Waals surface area contributed by atoms with Crippen molar-refractivity contribution < 1.29 is 38.1 Å². The van der Waals surface area contributed by atoms with Crippen molar-refractivity contribution in [3.05, 3.63) is 42.0 Å². The number of carbonyl (C=O) groups excluding carboxylic acids is 4. The van der Waals surface area contributed by atoms with E-state index in [0.717, 1.165) is 5.56 Å². The number of alkyl carbamates (subject to hydrolysis) is 1. The summed E-state index contributed by atoms with van der Waals surface area (Å²) in [6.45, 7) is 9.02. The smallest absolute Gasteiger partial charge is 0.410 e. The second-order valence-electron chi connectivity index (χ2n) is 10.6. The molecule has 11 nitrogen and oxygen atoms in total. The average Bonchev–Trinajstić information content (AvgIpc) is 2.84. The summed E-state index contributed by atoms with van der Waals surface area (Å²) in [5, 5.41) is 8.07. The summed E-state index contributed by atoms with van der Waals surface area (Å²) in [7, 11) is 1.21. The Kier molecular flexibility index (Phi) is 12.2. The van der Waals surface area contributed by atoms with Crippen LogP contribution in [-0.2, 0) is 35.0 Å². The summed E-state index contributed by atoms with van der Waals surface area (Å²) in [6.07, 6.45) is 2.66. The Labute approximate surface area is 230 Å². The van der Waals surface area contributed by atoms with E-state index in [1.165, 1.54) is 7.11 Å². The lowest BCUT2D eigenvalue weighted by molar-refractivity contribution is -0.147. The third-order valence-corrected chi connectivity index (χ3v) is 5.46. The Balaban J connectivity index is 2.26. The van der Waals surface area contributed by atoms with Gasteiger partial charge in [-0.2, -0.15) is 0 Å². The first-order chi connectivity index (χ1) is 18.4. The van der Waals surface area contributed by atoms with Crippen molar-refractivity contribution in [3.8, 4) is 5.75 Å². The highest BCUT2D eigenvalue weighted by Crippen LogP contribution is 2.16. The maximum atomic E-state index is 13.0. The molecule has 39 heavy (non-hydrogen) atoms. The van der Waals surface area contributed by atoms with Crippen molar-refractivity contribution >= 4 is 23.9 Å². The summed E-state index contributed by atoms with van der Waals surface area (Å²) in [5.41, 5.74) is 0.201. The zero-order chi connectivity index (χ0) is 29.0. The van der Waals surface area contributed by atoms with E-state index in [0.29, 0.717) is 18.6 Å². The third-order valence-electron chi connectivity index (χ3n) is 5.46. The van der Waals surface area contributed by atoms with E-state index in [1.54, 1.807) is 45.1 Å². The highest BCUT2D eigenvalue weighted by Gasteiger charge is 2.28. The second-order valence-corrected chi connectivity index (χ2v) is 10.6. The van der Waals surface area contributed by atoms with Crippen molar-refractivity contribution in [2.45, 2.75) is 77.8 Å². The van der Waals surface area contributed by atoms with Crippen LogP contribution in [0.1, 0.15) is 53.0 Å². The number of carbonyl (C=O) groups is 4. The number of methoxy groups -OCH3 is 1. The molecule has 0 aliphatic carbocycles. The van der Waals surface area contributed by atoms with Gasteiger partial charge < -0.3 is 29.6 Å². The van der Waals surface area contributed by atoms with Gasteiger partial charge >= 0.3 is 12.1 Å². The quantitative estimate of drug-likeness (QED) is 0.297. The molecule has 0 saturated heterocycles. The molecular weight excluding hydrogens is 506 g/mol. The van der Waals surface area contributed by atoms with Gasteiger partial charge in [0, 0.05) is 6.42 Å². The number of ether oxygens (including phenoxy) is 4. The van der Waals surface area contributed by atoms with E-state index >= 15 is 0 Å². The van der Waals surface area contributed by atoms with Gasteiger partial charge in [-0.1, -0.05) is 32.1 Å². The lowest BCUT2D eigenvalue weighted by Gasteiger charge is -2.23. The van der Waals surface area contributed by atoms with Gasteiger partial charge in [0.25, 0.3) is 0 Å². The van der Waals surface area contributed by atoms with Crippen LogP contribution in [0.15, 0.2) is 36.4 Å². The standard InChI is InChI=1S/C28H41N3O8/c1-18(2)16-21-25(33)30-22(26(34)36-6)17-37-15-7-8-24(31-27(35)39-28(3,4)5)38-20-12-9-19(10-13-20)11-14-23(32)29-21/h7-10,12-13,18,21-22,24H,11,14-17H2,1-6H3,(H,29,32)(H,30,33)(H,31,35)/t21-,22+,24-/m0/s1. The van der Waals surface area contributed by atoms with Crippen LogP contribution in [0.4, 0.5) is 4.79 Å². The maximum Gasteiger partial charge on any atom is 0.410 e. The molecule has 1 aromatic carbocycles. The molecule has 3 amide bonds. The monoisotopic (exact) mass is 547 g/mol. The molecule has 3 rings (SSSR count). The number of rotatable bonds is 4. The molecule has 2 aliphatic rings. The number of hydrogen-bond donors (Lipinski definition) is 3. The average molecular weight is 548 g/mol. The molecule has 0 fully saturated rings. The molecular formula is C28H41N3O8. The van der Waals surface area contributed by atoms with Crippen LogP contribution in [0, 0.1) is 5.92 Å². The number of esters is 1. The van der Waals surface area contributed by atoms with Crippen molar-refractivity contribution in [1.29, 1.82) is 0 Å². The summed E-state index contributed by atoms with van der Waals surface area (Å²) in [4.78, 5) is 50.4. The Hall–Kier alpha value is -3.60. The molecule has 3 N–H and O–H groups in total. The van der Waals surface area contributed by atoms with Crippen LogP contribution < -0.4 is 20.7 Å². The summed E-state index contributed by atoms with van der Waals surface area (Å²) in [5.74, 6) is -0.850. The zero-order valence-corrected chi connectivity index (χ0v) is 23.6. The fourth-order valence-electron chi connectivity index (χ4n) is 3.67. The minimum atomic E-state index is -1.08. The minimum Gasteiger partial charge on any atom is -0.467 e. The third kappa shape index (κ3) is 12.2. The molecule has 0 radical (unpaired) electrons. The van der Waals surface area contributed by atoms with Gasteiger partial charge in [0.05, 0.1) is 20.3 Å². The lowest BCUT2D eigenvalue weighted by Crippen LogP contribution is -2.53. The Morgan fingerprint density at radius 1 is 1.10 bits per heavy atom. The second kappa shape index (κ2) is 15.1. The van der Waals surface area contributed by atoms with Crippen molar-refractivity contribution in [1.82, 2.24) is 16.0 Å². The van der Waals surface area contributed by atoms with Crippen molar-refractivity contribution in [3.63, 3.8) is 0 Å². The molecule has 0 saturated carbocycles. The molecule has 0 aromatic heterocycles. The normalized spacial score (nSPS) is 21.5. The predicted octanol–water partition coefficient (Wildman–Crippen LogP) is 2.62. The van der Waals surface area contributed by atoms with Gasteiger partial charge in [-0.15, -0.1) is 0 Å². The molecule has 1 aromatic rings. The maximum absolute atomic E-state index is 13.0. The van der Waals surface area contributed by atoms with E-state index in [4.69, 9.17) is 18.9 Å². The Bertz CT molecular complexity index is 1000. The number of fused-ring (bicyclic) bond motifs is 15. The number of nitrogens with one attached hydrogen (secondary N) is 3. The molecule has 0 spiro atoms. The Morgan fingerprint density at radius 3 is 2.41 bits per heavy atom. The molecule has 2 aliphatic heterocycles. The zero-order valence-electron chi connectivity index (χ0n) is 23.6. The van der Waals surface area contributed by atoms with Crippen LogP contribution in [0.25, 0.3) is 0 Å². The van der Waals surface area contributed by atoms with Gasteiger partial charge in [-0.3, -0.25) is 14.9 Å². The van der Waals surface area contributed by atoms with Gasteiger partial charge in [0.15, 0.2) is 12.3 Å². The molecule has 11 heteroatoms. The first-order valence-electron chi connectivity index (χ1n) is 13.0. The van der Waals surface area contributed by atoms with Crippen LogP contribution in [-0.4, -0.2) is 68.1 Å². The minimum absolute atomic E-state index is 0.0460. The van der Waals surface area contributed by atoms with E-state index in [2.05, 4.69) is 16.0 Å². The largest absolute Gasteiger partial charge is 0.467 e. The van der Waals surface area contributed by atoms with Crippen LogP contribution in [0.3, 0.4) is 0 Å². The summed E-state index contributed by atoms with van der Waals surface area (Å²) in [6, 6.07) is 5.24. The predicted molar refractivity (Wildman–Crippen MR) is 144 cm³/mol. The number of aryl methyl sites for hydroxylation is 1. The van der Waals surface area contributed by atoms with E-state index in [1.807, 2.05) is 26.0 Å². The van der Waals surface area contributed by atoms with Crippen LogP contribution in [0.2, 0.25) is 0 Å². The fourth-order valence-corrected chi connectivity index (χ4v) is 3.67. The van der Waals surface area contributed by atoms with Gasteiger partial charge in [-0.25, -0.2) is 9.59 Å². The molecule has 0 unspecified atom stereocenters. The fraction of sp³-hybridized carbons (Fsp3) is 0.571. The van der Waals surface area contributed by atoms with Crippen LogP contribution >= 0.6 is 0 Å².